The van der Waals surface area contributed by atoms with Crippen molar-refractivity contribution < 1.29 is 4.79 Å². The fourth-order valence-corrected chi connectivity index (χ4v) is 3.70. The molecule has 1 heterocycles. The highest BCUT2D eigenvalue weighted by Gasteiger charge is 2.17. The summed E-state index contributed by atoms with van der Waals surface area (Å²) >= 11 is 12.3. The molecule has 3 rings (SSSR count). The van der Waals surface area contributed by atoms with Crippen LogP contribution in [0.15, 0.2) is 42.6 Å². The van der Waals surface area contributed by atoms with Gasteiger partial charge in [0.05, 0.1) is 26.8 Å². The zero-order valence-electron chi connectivity index (χ0n) is 15.5. The van der Waals surface area contributed by atoms with Gasteiger partial charge in [0.15, 0.2) is 0 Å². The van der Waals surface area contributed by atoms with E-state index in [1.54, 1.807) is 18.2 Å². The van der Waals surface area contributed by atoms with Gasteiger partial charge in [0, 0.05) is 18.1 Å². The number of benzene rings is 2. The highest BCUT2D eigenvalue weighted by atomic mass is 35.5. The van der Waals surface area contributed by atoms with Crippen LogP contribution in [-0.4, -0.2) is 29.9 Å². The highest BCUT2D eigenvalue weighted by molar-refractivity contribution is 6.40. The molecule has 3 aromatic rings. The number of anilines is 1. The molecule has 0 aliphatic heterocycles. The second kappa shape index (κ2) is 8.26. The second-order valence-electron chi connectivity index (χ2n) is 6.61. The van der Waals surface area contributed by atoms with E-state index in [1.807, 2.05) is 38.5 Å². The smallest absolute Gasteiger partial charge is 0.258 e. The normalized spacial score (nSPS) is 11.2. The molecule has 0 atom stereocenters. The Labute approximate surface area is 169 Å². The fourth-order valence-electron chi connectivity index (χ4n) is 3.13. The van der Waals surface area contributed by atoms with Gasteiger partial charge in [-0.1, -0.05) is 48.3 Å². The molecule has 2 aromatic carbocycles. The molecule has 0 unspecified atom stereocenters. The van der Waals surface area contributed by atoms with Gasteiger partial charge in [-0.15, -0.1) is 0 Å². The third-order valence-electron chi connectivity index (χ3n) is 4.39. The quantitative estimate of drug-likeness (QED) is 0.620. The van der Waals surface area contributed by atoms with E-state index in [1.165, 1.54) is 11.1 Å². The van der Waals surface area contributed by atoms with E-state index in [4.69, 9.17) is 23.2 Å². The minimum atomic E-state index is -0.353. The van der Waals surface area contributed by atoms with Crippen LogP contribution in [0.1, 0.15) is 28.4 Å². The number of fused-ring (bicyclic) bond motifs is 1. The first-order chi connectivity index (χ1) is 12.9. The largest absolute Gasteiger partial charge is 0.320 e. The molecule has 27 heavy (non-hydrogen) atoms. The summed E-state index contributed by atoms with van der Waals surface area (Å²) in [5.74, 6) is -0.353. The van der Waals surface area contributed by atoms with Crippen LogP contribution in [0.3, 0.4) is 0 Å². The van der Waals surface area contributed by atoms with Gasteiger partial charge in [0.1, 0.15) is 0 Å². The van der Waals surface area contributed by atoms with Gasteiger partial charge >= 0.3 is 0 Å². The number of hydrogen-bond donors (Lipinski definition) is 1. The van der Waals surface area contributed by atoms with Crippen LogP contribution in [0.4, 0.5) is 5.69 Å². The molecule has 6 heteroatoms. The van der Waals surface area contributed by atoms with Crippen molar-refractivity contribution in [2.45, 2.75) is 19.9 Å². The summed E-state index contributed by atoms with van der Waals surface area (Å²) in [6.07, 6.45) is 2.79. The number of rotatable bonds is 5. The topological polar surface area (TPSA) is 45.2 Å². The third kappa shape index (κ3) is 4.08. The maximum Gasteiger partial charge on any atom is 0.258 e. The number of nitrogens with zero attached hydrogens (tertiary/aromatic N) is 2. The lowest BCUT2D eigenvalue weighted by molar-refractivity contribution is 0.102. The van der Waals surface area contributed by atoms with Crippen molar-refractivity contribution in [1.29, 1.82) is 0 Å². The Bertz CT molecular complexity index is 982. The molecule has 0 saturated carbocycles. The molecule has 0 spiro atoms. The first-order valence-electron chi connectivity index (χ1n) is 8.72. The zero-order valence-corrected chi connectivity index (χ0v) is 17.0. The maximum absolute atomic E-state index is 12.8. The number of halogens is 2. The molecule has 0 aliphatic rings. The standard InChI is InChI=1S/C21H21Cl2N3O/c1-4-13-11-24-20-14(15(13)12-26(2)3)7-5-10-18(20)25-21(27)19-16(22)8-6-9-17(19)23/h5-11H,4,12H2,1-3H3,(H,25,27). The van der Waals surface area contributed by atoms with Crippen LogP contribution in [0, 0.1) is 0 Å². The molecule has 0 radical (unpaired) electrons. The monoisotopic (exact) mass is 401 g/mol. The summed E-state index contributed by atoms with van der Waals surface area (Å²) in [6.45, 7) is 2.92. The molecule has 140 valence electrons. The van der Waals surface area contributed by atoms with E-state index in [-0.39, 0.29) is 11.5 Å². The molecule has 0 aliphatic carbocycles. The Morgan fingerprint density at radius 2 is 1.78 bits per heavy atom. The lowest BCUT2D eigenvalue weighted by Gasteiger charge is -2.17. The average Bonchev–Trinajstić information content (AvgIpc) is 2.62. The van der Waals surface area contributed by atoms with Gasteiger partial charge in [-0.05, 0) is 49.8 Å². The Hall–Kier alpha value is -2.14. The molecule has 1 N–H and O–H groups in total. The van der Waals surface area contributed by atoms with Crippen LogP contribution in [-0.2, 0) is 13.0 Å². The zero-order chi connectivity index (χ0) is 19.6. The number of amides is 1. The minimum absolute atomic E-state index is 0.261. The highest BCUT2D eigenvalue weighted by Crippen LogP contribution is 2.30. The number of carbonyl (C=O) groups excluding carboxylic acids is 1. The predicted octanol–water partition coefficient (Wildman–Crippen LogP) is 5.42. The van der Waals surface area contributed by atoms with Crippen molar-refractivity contribution in [1.82, 2.24) is 9.88 Å². The molecule has 1 aromatic heterocycles. The number of nitrogens with one attached hydrogen (secondary N) is 1. The molecule has 1 amide bonds. The summed E-state index contributed by atoms with van der Waals surface area (Å²) < 4.78 is 0. The van der Waals surface area contributed by atoms with Crippen LogP contribution < -0.4 is 5.32 Å². The number of hydrogen-bond acceptors (Lipinski definition) is 3. The van der Waals surface area contributed by atoms with Crippen LogP contribution >= 0.6 is 23.2 Å². The van der Waals surface area contributed by atoms with Gasteiger partial charge in [0.25, 0.3) is 5.91 Å². The van der Waals surface area contributed by atoms with Crippen molar-refractivity contribution in [2.75, 3.05) is 19.4 Å². The molecule has 4 nitrogen and oxygen atoms in total. The second-order valence-corrected chi connectivity index (χ2v) is 7.42. The van der Waals surface area contributed by atoms with E-state index >= 15 is 0 Å². The summed E-state index contributed by atoms with van der Waals surface area (Å²) in [6, 6.07) is 10.8. The molecular weight excluding hydrogens is 381 g/mol. The third-order valence-corrected chi connectivity index (χ3v) is 5.02. The number of para-hydroxylation sites is 1. The van der Waals surface area contributed by atoms with Gasteiger partial charge < -0.3 is 10.2 Å². The number of aryl methyl sites for hydroxylation is 1. The van der Waals surface area contributed by atoms with Gasteiger partial charge in [-0.25, -0.2) is 0 Å². The van der Waals surface area contributed by atoms with Crippen LogP contribution in [0.25, 0.3) is 10.9 Å². The van der Waals surface area contributed by atoms with E-state index in [0.717, 1.165) is 23.9 Å². The van der Waals surface area contributed by atoms with E-state index in [2.05, 4.69) is 22.1 Å². The minimum Gasteiger partial charge on any atom is -0.320 e. The molecular formula is C21H21Cl2N3O. The first kappa shape index (κ1) is 19.6. The summed E-state index contributed by atoms with van der Waals surface area (Å²) in [7, 11) is 4.08. The lowest BCUT2D eigenvalue weighted by atomic mass is 10.0. The lowest BCUT2D eigenvalue weighted by Crippen LogP contribution is -2.15. The predicted molar refractivity (Wildman–Crippen MR) is 113 cm³/mol. The SMILES string of the molecule is CCc1cnc2c(NC(=O)c3c(Cl)cccc3Cl)cccc2c1CN(C)C. The van der Waals surface area contributed by atoms with Crippen LogP contribution in [0.2, 0.25) is 10.0 Å². The van der Waals surface area contributed by atoms with E-state index in [9.17, 15) is 4.79 Å². The summed E-state index contributed by atoms with van der Waals surface area (Å²) in [5, 5.41) is 4.58. The van der Waals surface area contributed by atoms with Gasteiger partial charge in [0.2, 0.25) is 0 Å². The van der Waals surface area contributed by atoms with Crippen molar-refractivity contribution in [3.05, 3.63) is 69.3 Å². The van der Waals surface area contributed by atoms with Crippen molar-refractivity contribution in [2.24, 2.45) is 0 Å². The number of aromatic nitrogens is 1. The van der Waals surface area contributed by atoms with Crippen molar-refractivity contribution in [3.8, 4) is 0 Å². The average molecular weight is 402 g/mol. The number of carbonyl (C=O) groups is 1. The van der Waals surface area contributed by atoms with E-state index in [0.29, 0.717) is 15.7 Å². The first-order valence-corrected chi connectivity index (χ1v) is 9.47. The van der Waals surface area contributed by atoms with Crippen molar-refractivity contribution >= 4 is 45.7 Å². The van der Waals surface area contributed by atoms with Crippen molar-refractivity contribution in [3.63, 3.8) is 0 Å². The Morgan fingerprint density at radius 1 is 1.11 bits per heavy atom. The van der Waals surface area contributed by atoms with Gasteiger partial charge in [-0.3, -0.25) is 9.78 Å². The van der Waals surface area contributed by atoms with E-state index < -0.39 is 0 Å². The summed E-state index contributed by atoms with van der Waals surface area (Å²) in [4.78, 5) is 19.5. The Kier molecular flexibility index (Phi) is 6.00. The molecule has 0 fully saturated rings. The fraction of sp³-hybridized carbons (Fsp3) is 0.238. The Morgan fingerprint density at radius 3 is 2.41 bits per heavy atom. The molecule has 0 bridgehead atoms. The Balaban J connectivity index is 2.07. The van der Waals surface area contributed by atoms with Gasteiger partial charge in [-0.2, -0.15) is 0 Å². The maximum atomic E-state index is 12.8. The summed E-state index contributed by atoms with van der Waals surface area (Å²) in [5.41, 5.74) is 4.07. The molecule has 0 saturated heterocycles. The van der Waals surface area contributed by atoms with Crippen LogP contribution in [0.5, 0.6) is 0 Å². The number of pyridine rings is 1.